The van der Waals surface area contributed by atoms with E-state index in [2.05, 4.69) is 37.5 Å². The highest BCUT2D eigenvalue weighted by Crippen LogP contribution is 2.44. The van der Waals surface area contributed by atoms with Crippen molar-refractivity contribution in [2.24, 2.45) is 11.3 Å². The van der Waals surface area contributed by atoms with Crippen LogP contribution in [0.2, 0.25) is 0 Å². The van der Waals surface area contributed by atoms with Crippen LogP contribution in [-0.2, 0) is 0 Å². The third kappa shape index (κ3) is 3.09. The van der Waals surface area contributed by atoms with Gasteiger partial charge in [0, 0.05) is 19.6 Å². The summed E-state index contributed by atoms with van der Waals surface area (Å²) in [6.07, 6.45) is 6.21. The fourth-order valence-corrected chi connectivity index (χ4v) is 2.43. The van der Waals surface area contributed by atoms with Crippen molar-refractivity contribution in [3.63, 3.8) is 0 Å². The lowest BCUT2D eigenvalue weighted by Gasteiger charge is -2.27. The Balaban J connectivity index is 1.74. The molecule has 7 heteroatoms. The first-order valence-electron chi connectivity index (χ1n) is 7.40. The number of nitrogens with one attached hydrogen (secondary N) is 2. The molecule has 1 aliphatic heterocycles. The molecule has 0 radical (unpaired) electrons. The zero-order chi connectivity index (χ0) is 14.0. The maximum absolute atomic E-state index is 5.46. The SMILES string of the molecule is CC1(CNc2nc(NN)nc(N3CCCCC3)n2)CC1. The smallest absolute Gasteiger partial charge is 0.243 e. The van der Waals surface area contributed by atoms with Gasteiger partial charge in [-0.2, -0.15) is 15.0 Å². The number of rotatable bonds is 5. The van der Waals surface area contributed by atoms with Crippen molar-refractivity contribution in [2.45, 2.75) is 39.0 Å². The average molecular weight is 277 g/mol. The molecule has 0 unspecified atom stereocenters. The minimum atomic E-state index is 0.411. The summed E-state index contributed by atoms with van der Waals surface area (Å²) in [5.41, 5.74) is 2.94. The summed E-state index contributed by atoms with van der Waals surface area (Å²) in [6.45, 7) is 5.19. The molecule has 0 atom stereocenters. The highest BCUT2D eigenvalue weighted by molar-refractivity contribution is 5.43. The molecular weight excluding hydrogens is 254 g/mol. The second-order valence-electron chi connectivity index (χ2n) is 6.14. The Bertz CT molecular complexity index is 466. The van der Waals surface area contributed by atoms with Crippen molar-refractivity contribution in [1.82, 2.24) is 15.0 Å². The maximum atomic E-state index is 5.46. The summed E-state index contributed by atoms with van der Waals surface area (Å²) in [6, 6.07) is 0. The fourth-order valence-electron chi connectivity index (χ4n) is 2.43. The van der Waals surface area contributed by atoms with Crippen molar-refractivity contribution in [3.05, 3.63) is 0 Å². The second-order valence-corrected chi connectivity index (χ2v) is 6.14. The van der Waals surface area contributed by atoms with E-state index in [9.17, 15) is 0 Å². The maximum Gasteiger partial charge on any atom is 0.243 e. The Hall–Kier alpha value is -1.63. The summed E-state index contributed by atoms with van der Waals surface area (Å²) >= 11 is 0. The summed E-state index contributed by atoms with van der Waals surface area (Å²) in [5.74, 6) is 7.21. The van der Waals surface area contributed by atoms with Crippen LogP contribution in [0.4, 0.5) is 17.8 Å². The normalized spacial score (nSPS) is 20.6. The Morgan fingerprint density at radius 1 is 1.10 bits per heavy atom. The number of nitrogens with zero attached hydrogens (tertiary/aromatic N) is 4. The van der Waals surface area contributed by atoms with Crippen molar-refractivity contribution >= 4 is 17.8 Å². The quantitative estimate of drug-likeness (QED) is 0.553. The topological polar surface area (TPSA) is 92.0 Å². The molecular formula is C13H23N7. The first-order chi connectivity index (χ1) is 9.68. The third-order valence-electron chi connectivity index (χ3n) is 4.17. The highest BCUT2D eigenvalue weighted by Gasteiger charge is 2.37. The predicted molar refractivity (Wildman–Crippen MR) is 79.5 cm³/mol. The van der Waals surface area contributed by atoms with Crippen LogP contribution in [0.25, 0.3) is 0 Å². The number of hydrazine groups is 1. The molecule has 7 nitrogen and oxygen atoms in total. The molecule has 1 aromatic rings. The number of nitrogens with two attached hydrogens (primary N) is 1. The molecule has 3 rings (SSSR count). The molecule has 20 heavy (non-hydrogen) atoms. The Morgan fingerprint density at radius 2 is 1.80 bits per heavy atom. The van der Waals surface area contributed by atoms with Crippen LogP contribution in [-0.4, -0.2) is 34.6 Å². The van der Waals surface area contributed by atoms with Crippen LogP contribution in [0.1, 0.15) is 39.0 Å². The molecule has 0 spiro atoms. The Labute approximate surface area is 119 Å². The van der Waals surface area contributed by atoms with E-state index in [0.29, 0.717) is 17.3 Å². The van der Waals surface area contributed by atoms with Crippen LogP contribution in [0.3, 0.4) is 0 Å². The zero-order valence-electron chi connectivity index (χ0n) is 12.0. The minimum Gasteiger partial charge on any atom is -0.353 e. The van der Waals surface area contributed by atoms with Gasteiger partial charge in [-0.25, -0.2) is 5.84 Å². The van der Waals surface area contributed by atoms with E-state index in [0.717, 1.165) is 25.6 Å². The largest absolute Gasteiger partial charge is 0.353 e. The molecule has 1 aromatic heterocycles. The minimum absolute atomic E-state index is 0.411. The Kier molecular flexibility index (Phi) is 3.60. The van der Waals surface area contributed by atoms with Gasteiger partial charge in [0.25, 0.3) is 0 Å². The highest BCUT2D eigenvalue weighted by atomic mass is 15.4. The first kappa shape index (κ1) is 13.4. The van der Waals surface area contributed by atoms with E-state index in [-0.39, 0.29) is 0 Å². The molecule has 1 saturated heterocycles. The molecule has 0 amide bonds. The first-order valence-corrected chi connectivity index (χ1v) is 7.40. The standard InChI is InChI=1S/C13H23N7/c1-13(5-6-13)9-15-10-16-11(19-14)18-12(17-10)20-7-3-2-4-8-20/h2-9,14H2,1H3,(H2,15,16,17,18,19). The van der Waals surface area contributed by atoms with Gasteiger partial charge in [-0.3, -0.25) is 5.43 Å². The monoisotopic (exact) mass is 277 g/mol. The van der Waals surface area contributed by atoms with Crippen molar-refractivity contribution in [1.29, 1.82) is 0 Å². The van der Waals surface area contributed by atoms with Crippen molar-refractivity contribution in [2.75, 3.05) is 35.3 Å². The zero-order valence-corrected chi connectivity index (χ0v) is 12.0. The van der Waals surface area contributed by atoms with Gasteiger partial charge in [-0.1, -0.05) is 6.92 Å². The van der Waals surface area contributed by atoms with Gasteiger partial charge in [0.1, 0.15) is 0 Å². The molecule has 0 bridgehead atoms. The van der Waals surface area contributed by atoms with Crippen LogP contribution < -0.4 is 21.5 Å². The summed E-state index contributed by atoms with van der Waals surface area (Å²) in [7, 11) is 0. The van der Waals surface area contributed by atoms with Crippen LogP contribution in [0, 0.1) is 5.41 Å². The summed E-state index contributed by atoms with van der Waals surface area (Å²) < 4.78 is 0. The molecule has 0 aromatic carbocycles. The third-order valence-corrected chi connectivity index (χ3v) is 4.17. The van der Waals surface area contributed by atoms with Gasteiger partial charge in [-0.05, 0) is 37.5 Å². The predicted octanol–water partition coefficient (Wildman–Crippen LogP) is 1.36. The van der Waals surface area contributed by atoms with Gasteiger partial charge < -0.3 is 10.2 Å². The van der Waals surface area contributed by atoms with Crippen LogP contribution >= 0.6 is 0 Å². The van der Waals surface area contributed by atoms with Crippen LogP contribution in [0.15, 0.2) is 0 Å². The molecule has 4 N–H and O–H groups in total. The molecule has 110 valence electrons. The Morgan fingerprint density at radius 3 is 2.45 bits per heavy atom. The van der Waals surface area contributed by atoms with Gasteiger partial charge >= 0.3 is 0 Å². The van der Waals surface area contributed by atoms with E-state index in [1.165, 1.54) is 32.1 Å². The molecule has 1 aliphatic carbocycles. The fraction of sp³-hybridized carbons (Fsp3) is 0.769. The second kappa shape index (κ2) is 5.40. The van der Waals surface area contributed by atoms with Gasteiger partial charge in [0.15, 0.2) is 0 Å². The number of hydrogen-bond donors (Lipinski definition) is 3. The molecule has 2 heterocycles. The van der Waals surface area contributed by atoms with Gasteiger partial charge in [0.2, 0.25) is 17.8 Å². The number of aromatic nitrogens is 3. The molecule has 2 aliphatic rings. The number of anilines is 3. The lowest BCUT2D eigenvalue weighted by atomic mass is 10.1. The summed E-state index contributed by atoms with van der Waals surface area (Å²) in [4.78, 5) is 15.4. The lowest BCUT2D eigenvalue weighted by molar-refractivity contribution is 0.567. The van der Waals surface area contributed by atoms with Crippen LogP contribution in [0.5, 0.6) is 0 Å². The summed E-state index contributed by atoms with van der Waals surface area (Å²) in [5, 5.41) is 3.32. The van der Waals surface area contributed by atoms with E-state index in [4.69, 9.17) is 5.84 Å². The molecule has 1 saturated carbocycles. The number of piperidine rings is 1. The lowest BCUT2D eigenvalue weighted by Crippen LogP contribution is -2.32. The number of nitrogen functional groups attached to an aromatic ring is 1. The number of hydrogen-bond acceptors (Lipinski definition) is 7. The average Bonchev–Trinajstić information content (AvgIpc) is 3.24. The van der Waals surface area contributed by atoms with Crippen molar-refractivity contribution < 1.29 is 0 Å². The van der Waals surface area contributed by atoms with Crippen molar-refractivity contribution in [3.8, 4) is 0 Å². The molecule has 2 fully saturated rings. The van der Waals surface area contributed by atoms with E-state index in [1.54, 1.807) is 0 Å². The van der Waals surface area contributed by atoms with E-state index >= 15 is 0 Å². The van der Waals surface area contributed by atoms with Gasteiger partial charge in [0.05, 0.1) is 0 Å². The van der Waals surface area contributed by atoms with Gasteiger partial charge in [-0.15, -0.1) is 0 Å². The van der Waals surface area contributed by atoms with E-state index in [1.807, 2.05) is 0 Å². The van der Waals surface area contributed by atoms with E-state index < -0.39 is 0 Å².